The highest BCUT2D eigenvalue weighted by Gasteiger charge is 2.36. The first-order chi connectivity index (χ1) is 11.2. The summed E-state index contributed by atoms with van der Waals surface area (Å²) in [4.78, 5) is 24.4. The predicted molar refractivity (Wildman–Crippen MR) is 84.7 cm³/mol. The molecule has 1 aliphatic heterocycles. The molecule has 23 heavy (non-hydrogen) atoms. The molecule has 6 nitrogen and oxygen atoms in total. The van der Waals surface area contributed by atoms with Crippen LogP contribution in [0.1, 0.15) is 22.0 Å². The van der Waals surface area contributed by atoms with Crippen LogP contribution >= 0.6 is 0 Å². The average Bonchev–Trinajstić information content (AvgIpc) is 2.96. The topological polar surface area (TPSA) is 79.5 Å². The Kier molecular flexibility index (Phi) is 4.25. The summed E-state index contributed by atoms with van der Waals surface area (Å²) < 4.78 is 5.07. The smallest absolute Gasteiger partial charge is 0.258 e. The molecule has 3 rings (SSSR count). The van der Waals surface area contributed by atoms with E-state index in [-0.39, 0.29) is 17.9 Å². The number of nitrogens with one attached hydrogen (secondary N) is 3. The molecule has 0 saturated carbocycles. The molecule has 2 aromatic rings. The highest BCUT2D eigenvalue weighted by molar-refractivity contribution is 5.98. The number of ether oxygens (including phenoxy) is 1. The van der Waals surface area contributed by atoms with Crippen LogP contribution in [0.15, 0.2) is 54.6 Å². The minimum atomic E-state index is -0.674. The molecular weight excluding hydrogens is 294 g/mol. The fraction of sp³-hybridized carbons (Fsp3) is 0.176. The maximum Gasteiger partial charge on any atom is 0.258 e. The molecular formula is C17H17N3O3. The van der Waals surface area contributed by atoms with E-state index in [4.69, 9.17) is 4.74 Å². The molecule has 6 heteroatoms. The molecule has 0 aliphatic carbocycles. The van der Waals surface area contributed by atoms with Crippen LogP contribution in [-0.4, -0.2) is 25.0 Å². The van der Waals surface area contributed by atoms with Crippen molar-refractivity contribution in [1.29, 1.82) is 0 Å². The lowest BCUT2D eigenvalue weighted by atomic mass is 10.0. The lowest BCUT2D eigenvalue weighted by Gasteiger charge is -2.18. The number of hydrazine groups is 1. The van der Waals surface area contributed by atoms with Crippen molar-refractivity contribution < 1.29 is 14.3 Å². The van der Waals surface area contributed by atoms with Gasteiger partial charge in [-0.25, -0.2) is 5.43 Å². The second-order valence-electron chi connectivity index (χ2n) is 5.20. The number of hydrogen-bond acceptors (Lipinski definition) is 4. The van der Waals surface area contributed by atoms with Crippen molar-refractivity contribution in [3.63, 3.8) is 0 Å². The third-order valence-electron chi connectivity index (χ3n) is 3.76. The third kappa shape index (κ3) is 3.17. The Labute approximate surface area is 133 Å². The summed E-state index contributed by atoms with van der Waals surface area (Å²) >= 11 is 0. The molecule has 0 spiro atoms. The Morgan fingerprint density at radius 1 is 1.09 bits per heavy atom. The normalized spacial score (nSPS) is 20.0. The summed E-state index contributed by atoms with van der Waals surface area (Å²) in [5, 5.41) is 2.78. The van der Waals surface area contributed by atoms with E-state index in [1.165, 1.54) is 0 Å². The minimum Gasteiger partial charge on any atom is -0.497 e. The zero-order chi connectivity index (χ0) is 16.2. The number of rotatable bonds is 4. The van der Waals surface area contributed by atoms with Gasteiger partial charge in [0.05, 0.1) is 13.2 Å². The zero-order valence-corrected chi connectivity index (χ0v) is 12.6. The molecule has 118 valence electrons. The second kappa shape index (κ2) is 6.50. The van der Waals surface area contributed by atoms with Crippen LogP contribution in [0.5, 0.6) is 5.75 Å². The second-order valence-corrected chi connectivity index (χ2v) is 5.20. The van der Waals surface area contributed by atoms with E-state index in [0.29, 0.717) is 11.3 Å². The third-order valence-corrected chi connectivity index (χ3v) is 3.76. The molecule has 3 N–H and O–H groups in total. The molecule has 2 atom stereocenters. The zero-order valence-electron chi connectivity index (χ0n) is 12.6. The van der Waals surface area contributed by atoms with Crippen molar-refractivity contribution in [2.45, 2.75) is 12.1 Å². The first kappa shape index (κ1) is 15.1. The first-order valence-corrected chi connectivity index (χ1v) is 7.24. The standard InChI is InChI=1S/C17H17N3O3/c1-23-13-9-7-12(8-10-13)16(21)18-15-14(19-20-17(15)22)11-5-3-2-4-6-11/h2-10,14-15,19H,1H3,(H,18,21)(H,20,22)/t14-,15-/m1/s1. The molecule has 2 amide bonds. The van der Waals surface area contributed by atoms with Crippen LogP contribution in [0.25, 0.3) is 0 Å². The Morgan fingerprint density at radius 3 is 2.43 bits per heavy atom. The van der Waals surface area contributed by atoms with Gasteiger partial charge in [0.25, 0.3) is 11.8 Å². The highest BCUT2D eigenvalue weighted by atomic mass is 16.5. The molecule has 0 aromatic heterocycles. The summed E-state index contributed by atoms with van der Waals surface area (Å²) in [6.07, 6.45) is 0. The van der Waals surface area contributed by atoms with Crippen LogP contribution in [0.4, 0.5) is 0 Å². The molecule has 1 aliphatic rings. The number of hydrogen-bond donors (Lipinski definition) is 3. The summed E-state index contributed by atoms with van der Waals surface area (Å²) in [7, 11) is 1.56. The van der Waals surface area contributed by atoms with Crippen LogP contribution in [0, 0.1) is 0 Å². The monoisotopic (exact) mass is 311 g/mol. The van der Waals surface area contributed by atoms with Gasteiger partial charge in [-0.15, -0.1) is 0 Å². The van der Waals surface area contributed by atoms with Gasteiger partial charge in [0.15, 0.2) is 0 Å². The fourth-order valence-electron chi connectivity index (χ4n) is 2.51. The van der Waals surface area contributed by atoms with E-state index in [2.05, 4.69) is 16.2 Å². The molecule has 2 aromatic carbocycles. The van der Waals surface area contributed by atoms with E-state index in [0.717, 1.165) is 5.56 Å². The summed E-state index contributed by atoms with van der Waals surface area (Å²) in [6.45, 7) is 0. The Bertz CT molecular complexity index is 701. The number of carbonyl (C=O) groups is 2. The van der Waals surface area contributed by atoms with E-state index >= 15 is 0 Å². The van der Waals surface area contributed by atoms with Gasteiger partial charge in [0, 0.05) is 5.56 Å². The molecule has 1 fully saturated rings. The van der Waals surface area contributed by atoms with E-state index in [9.17, 15) is 9.59 Å². The Morgan fingerprint density at radius 2 is 1.78 bits per heavy atom. The molecule has 1 heterocycles. The van der Waals surface area contributed by atoms with Gasteiger partial charge in [-0.2, -0.15) is 0 Å². The maximum atomic E-state index is 12.4. The van der Waals surface area contributed by atoms with Gasteiger partial charge in [0.2, 0.25) is 0 Å². The molecule has 0 radical (unpaired) electrons. The fourth-order valence-corrected chi connectivity index (χ4v) is 2.51. The summed E-state index contributed by atoms with van der Waals surface area (Å²) in [6, 6.07) is 15.2. The molecule has 0 unspecified atom stereocenters. The van der Waals surface area contributed by atoms with E-state index in [1.807, 2.05) is 30.3 Å². The Hall–Kier alpha value is -2.86. The predicted octanol–water partition coefficient (Wildman–Crippen LogP) is 1.17. The van der Waals surface area contributed by atoms with Gasteiger partial charge in [0.1, 0.15) is 11.8 Å². The van der Waals surface area contributed by atoms with Crippen LogP contribution < -0.4 is 20.9 Å². The van der Waals surface area contributed by atoms with Crippen LogP contribution in [0.3, 0.4) is 0 Å². The quantitative estimate of drug-likeness (QED) is 0.792. The van der Waals surface area contributed by atoms with Crippen molar-refractivity contribution in [2.24, 2.45) is 0 Å². The van der Waals surface area contributed by atoms with E-state index < -0.39 is 6.04 Å². The van der Waals surface area contributed by atoms with Crippen molar-refractivity contribution >= 4 is 11.8 Å². The lowest BCUT2D eigenvalue weighted by Crippen LogP contribution is -2.42. The van der Waals surface area contributed by atoms with Gasteiger partial charge in [-0.1, -0.05) is 30.3 Å². The van der Waals surface area contributed by atoms with Gasteiger partial charge >= 0.3 is 0 Å². The minimum absolute atomic E-state index is 0.263. The largest absolute Gasteiger partial charge is 0.497 e. The van der Waals surface area contributed by atoms with E-state index in [1.54, 1.807) is 31.4 Å². The first-order valence-electron chi connectivity index (χ1n) is 7.24. The van der Waals surface area contributed by atoms with Gasteiger partial charge in [-0.3, -0.25) is 15.0 Å². The summed E-state index contributed by atoms with van der Waals surface area (Å²) in [5.41, 5.74) is 6.87. The lowest BCUT2D eigenvalue weighted by molar-refractivity contribution is -0.121. The maximum absolute atomic E-state index is 12.4. The average molecular weight is 311 g/mol. The number of methoxy groups -OCH3 is 1. The van der Waals surface area contributed by atoms with Crippen LogP contribution in [0.2, 0.25) is 0 Å². The van der Waals surface area contributed by atoms with Crippen molar-refractivity contribution in [3.05, 3.63) is 65.7 Å². The van der Waals surface area contributed by atoms with Crippen molar-refractivity contribution in [1.82, 2.24) is 16.2 Å². The highest BCUT2D eigenvalue weighted by Crippen LogP contribution is 2.20. The van der Waals surface area contributed by atoms with Crippen LogP contribution in [-0.2, 0) is 4.79 Å². The van der Waals surface area contributed by atoms with Gasteiger partial charge in [-0.05, 0) is 29.8 Å². The number of carbonyl (C=O) groups excluding carboxylic acids is 2. The SMILES string of the molecule is COc1ccc(C(=O)N[C@H]2C(=O)NN[C@@H]2c2ccccc2)cc1. The Balaban J connectivity index is 1.76. The summed E-state index contributed by atoms with van der Waals surface area (Å²) in [5.74, 6) is 0.0992. The molecule has 0 bridgehead atoms. The molecule has 1 saturated heterocycles. The number of benzene rings is 2. The van der Waals surface area contributed by atoms with Gasteiger partial charge < -0.3 is 10.1 Å². The van der Waals surface area contributed by atoms with Crippen molar-refractivity contribution in [3.8, 4) is 5.75 Å². The number of amides is 2. The van der Waals surface area contributed by atoms with Crippen molar-refractivity contribution in [2.75, 3.05) is 7.11 Å².